The van der Waals surface area contributed by atoms with Crippen molar-refractivity contribution in [1.82, 2.24) is 19.7 Å². The summed E-state index contributed by atoms with van der Waals surface area (Å²) < 4.78 is 59.7. The number of carbonyl (C=O) groups is 1. The van der Waals surface area contributed by atoms with Crippen molar-refractivity contribution in [2.45, 2.75) is 36.9 Å². The molecule has 0 unspecified atom stereocenters. The van der Waals surface area contributed by atoms with E-state index in [-0.39, 0.29) is 42.4 Å². The summed E-state index contributed by atoms with van der Waals surface area (Å²) in [5.41, 5.74) is 0.741. The van der Waals surface area contributed by atoms with Gasteiger partial charge >= 0.3 is 0 Å². The van der Waals surface area contributed by atoms with Gasteiger partial charge in [-0.3, -0.25) is 14.3 Å². The SMILES string of the molecule is COc1cccc(OC)c1-n1c(CS(=O)(=O)[C@H](C)Cc2ncc(F)cc2N2C[C@H](O)CC2=O)nnc1-c1ccco1. The van der Waals surface area contributed by atoms with E-state index in [1.165, 1.54) is 36.9 Å². The summed E-state index contributed by atoms with van der Waals surface area (Å²) in [5.74, 6) is -0.160. The zero-order chi connectivity index (χ0) is 29.3. The van der Waals surface area contributed by atoms with Crippen molar-refractivity contribution < 1.29 is 36.6 Å². The highest BCUT2D eigenvalue weighted by Gasteiger charge is 2.34. The van der Waals surface area contributed by atoms with Gasteiger partial charge in [-0.2, -0.15) is 0 Å². The van der Waals surface area contributed by atoms with Gasteiger partial charge in [-0.25, -0.2) is 12.8 Å². The van der Waals surface area contributed by atoms with Crippen LogP contribution in [0.1, 0.15) is 24.9 Å². The average molecular weight is 586 g/mol. The molecule has 12 nitrogen and oxygen atoms in total. The number of β-amino-alcohol motifs (C(OH)–C–C–N with tert-alkyl or cyclic N) is 1. The average Bonchev–Trinajstić information content (AvgIpc) is 3.69. The van der Waals surface area contributed by atoms with Crippen molar-refractivity contribution in [3.8, 4) is 28.8 Å². The van der Waals surface area contributed by atoms with Gasteiger partial charge in [0.15, 0.2) is 21.4 Å². The highest BCUT2D eigenvalue weighted by atomic mass is 32.2. The van der Waals surface area contributed by atoms with Crippen molar-refractivity contribution in [1.29, 1.82) is 0 Å². The van der Waals surface area contributed by atoms with Crippen molar-refractivity contribution in [3.05, 3.63) is 66.2 Å². The van der Waals surface area contributed by atoms with Gasteiger partial charge in [0.05, 0.1) is 62.4 Å². The minimum Gasteiger partial charge on any atom is -0.494 e. The minimum atomic E-state index is -3.93. The molecule has 1 aromatic carbocycles. The molecule has 2 atom stereocenters. The summed E-state index contributed by atoms with van der Waals surface area (Å²) in [6.45, 7) is 1.47. The number of carbonyl (C=O) groups excluding carboxylic acids is 1. The Hall–Kier alpha value is -4.30. The number of hydrogen-bond donors (Lipinski definition) is 1. The van der Waals surface area contributed by atoms with Crippen LogP contribution in [0.5, 0.6) is 11.5 Å². The largest absolute Gasteiger partial charge is 0.494 e. The van der Waals surface area contributed by atoms with E-state index in [9.17, 15) is 22.7 Å². The molecule has 1 N–H and O–H groups in total. The Balaban J connectivity index is 1.52. The lowest BCUT2D eigenvalue weighted by atomic mass is 10.2. The van der Waals surface area contributed by atoms with E-state index in [0.29, 0.717) is 22.9 Å². The second-order valence-corrected chi connectivity index (χ2v) is 12.0. The highest BCUT2D eigenvalue weighted by Crippen LogP contribution is 2.37. The lowest BCUT2D eigenvalue weighted by molar-refractivity contribution is -0.117. The molecule has 0 aliphatic carbocycles. The van der Waals surface area contributed by atoms with Crippen LogP contribution in [0.4, 0.5) is 10.1 Å². The number of anilines is 1. The third-order valence-corrected chi connectivity index (χ3v) is 8.88. The predicted molar refractivity (Wildman–Crippen MR) is 145 cm³/mol. The first kappa shape index (κ1) is 28.2. The molecule has 1 amide bonds. The first-order chi connectivity index (χ1) is 19.6. The van der Waals surface area contributed by atoms with Crippen LogP contribution in [0.2, 0.25) is 0 Å². The fourth-order valence-corrected chi connectivity index (χ4v) is 6.00. The number of furan rings is 1. The molecule has 0 bridgehead atoms. The van der Waals surface area contributed by atoms with Gasteiger partial charge in [0.25, 0.3) is 0 Å². The third kappa shape index (κ3) is 5.52. The Bertz CT molecular complexity index is 1650. The van der Waals surface area contributed by atoms with Crippen LogP contribution in [0.3, 0.4) is 0 Å². The minimum absolute atomic E-state index is 0.0303. The molecule has 41 heavy (non-hydrogen) atoms. The molecule has 216 valence electrons. The van der Waals surface area contributed by atoms with E-state index in [4.69, 9.17) is 13.9 Å². The lowest BCUT2D eigenvalue weighted by Crippen LogP contribution is -2.29. The van der Waals surface area contributed by atoms with Crippen LogP contribution in [-0.2, 0) is 26.8 Å². The van der Waals surface area contributed by atoms with Gasteiger partial charge in [-0.1, -0.05) is 6.07 Å². The Morgan fingerprint density at radius 1 is 1.17 bits per heavy atom. The maximum atomic E-state index is 14.1. The van der Waals surface area contributed by atoms with Crippen LogP contribution in [-0.4, -0.2) is 71.3 Å². The summed E-state index contributed by atoms with van der Waals surface area (Å²) >= 11 is 0. The molecule has 5 rings (SSSR count). The molecular formula is C27H28FN5O7S. The Morgan fingerprint density at radius 2 is 1.90 bits per heavy atom. The summed E-state index contributed by atoms with van der Waals surface area (Å²) in [7, 11) is -0.979. The first-order valence-electron chi connectivity index (χ1n) is 12.7. The van der Waals surface area contributed by atoms with Crippen LogP contribution >= 0.6 is 0 Å². The molecule has 0 saturated carbocycles. The molecule has 1 aliphatic rings. The number of aliphatic hydroxyl groups excluding tert-OH is 1. The molecule has 0 radical (unpaired) electrons. The van der Waals surface area contributed by atoms with E-state index in [1.807, 2.05) is 0 Å². The summed E-state index contributed by atoms with van der Waals surface area (Å²) in [6.07, 6.45) is 1.30. The summed E-state index contributed by atoms with van der Waals surface area (Å²) in [6, 6.07) is 9.59. The van der Waals surface area contributed by atoms with Crippen molar-refractivity contribution in [2.24, 2.45) is 0 Å². The number of aromatic nitrogens is 4. The Labute approximate surface area is 235 Å². The van der Waals surface area contributed by atoms with E-state index in [0.717, 1.165) is 12.3 Å². The molecule has 4 heterocycles. The monoisotopic (exact) mass is 585 g/mol. The smallest absolute Gasteiger partial charge is 0.229 e. The molecule has 0 spiro atoms. The second kappa shape index (κ2) is 11.3. The van der Waals surface area contributed by atoms with Gasteiger partial charge in [-0.15, -0.1) is 10.2 Å². The highest BCUT2D eigenvalue weighted by molar-refractivity contribution is 7.91. The second-order valence-electron chi connectivity index (χ2n) is 9.57. The number of methoxy groups -OCH3 is 2. The number of pyridine rings is 1. The zero-order valence-electron chi connectivity index (χ0n) is 22.5. The van der Waals surface area contributed by atoms with Crippen LogP contribution in [0, 0.1) is 5.82 Å². The molecule has 14 heteroatoms. The van der Waals surface area contributed by atoms with Crippen LogP contribution < -0.4 is 14.4 Å². The van der Waals surface area contributed by atoms with Gasteiger partial charge in [-0.05, 0) is 31.2 Å². The number of halogens is 1. The van der Waals surface area contributed by atoms with Crippen LogP contribution in [0.25, 0.3) is 17.3 Å². The fourth-order valence-electron chi connectivity index (χ4n) is 4.75. The number of para-hydroxylation sites is 1. The first-order valence-corrected chi connectivity index (χ1v) is 14.4. The number of hydrogen-bond acceptors (Lipinski definition) is 10. The van der Waals surface area contributed by atoms with Crippen LogP contribution in [0.15, 0.2) is 53.3 Å². The number of rotatable bonds is 10. The maximum Gasteiger partial charge on any atom is 0.229 e. The van der Waals surface area contributed by atoms with E-state index >= 15 is 0 Å². The van der Waals surface area contributed by atoms with Crippen molar-refractivity contribution >= 4 is 21.4 Å². The van der Waals surface area contributed by atoms with E-state index in [2.05, 4.69) is 15.2 Å². The number of nitrogens with zero attached hydrogens (tertiary/aromatic N) is 5. The van der Waals surface area contributed by atoms with Gasteiger partial charge in [0, 0.05) is 12.5 Å². The molecule has 1 fully saturated rings. The molecule has 4 aromatic rings. The summed E-state index contributed by atoms with van der Waals surface area (Å²) in [4.78, 5) is 17.7. The Kier molecular flexibility index (Phi) is 7.78. The number of aliphatic hydroxyl groups is 1. The third-order valence-electron chi connectivity index (χ3n) is 6.83. The molecular weight excluding hydrogens is 557 g/mol. The van der Waals surface area contributed by atoms with Crippen molar-refractivity contribution in [2.75, 3.05) is 25.7 Å². The van der Waals surface area contributed by atoms with Gasteiger partial charge in [0.2, 0.25) is 11.7 Å². The quantitative estimate of drug-likeness (QED) is 0.294. The number of ether oxygens (including phenoxy) is 2. The molecule has 1 aliphatic heterocycles. The predicted octanol–water partition coefficient (Wildman–Crippen LogP) is 2.72. The summed E-state index contributed by atoms with van der Waals surface area (Å²) in [5, 5.41) is 17.3. The van der Waals surface area contributed by atoms with Gasteiger partial charge < -0.3 is 23.9 Å². The van der Waals surface area contributed by atoms with E-state index < -0.39 is 38.7 Å². The zero-order valence-corrected chi connectivity index (χ0v) is 23.3. The normalized spacial score (nSPS) is 16.3. The fraction of sp³-hybridized carbons (Fsp3) is 0.333. The van der Waals surface area contributed by atoms with Gasteiger partial charge in [0.1, 0.15) is 28.8 Å². The molecule has 3 aromatic heterocycles. The standard InChI is InChI=1S/C27H28FN5O7S/c1-16(10-19-20(11-17(28)13-29-19)32-14-18(34)12-25(32)35)41(36,37)15-24-30-31-27(23-8-5-9-40-23)33(24)26-21(38-2)6-4-7-22(26)39-3/h4-9,11,13,16,18,34H,10,12,14-15H2,1-3H3/t16-,18-/m1/s1. The number of amides is 1. The number of benzene rings is 1. The maximum absolute atomic E-state index is 14.1. The lowest BCUT2D eigenvalue weighted by Gasteiger charge is -2.21. The Morgan fingerprint density at radius 3 is 2.51 bits per heavy atom. The van der Waals surface area contributed by atoms with E-state index in [1.54, 1.807) is 30.3 Å². The van der Waals surface area contributed by atoms with Crippen molar-refractivity contribution in [3.63, 3.8) is 0 Å². The number of sulfone groups is 1. The topological polar surface area (TPSA) is 150 Å². The molecule has 1 saturated heterocycles.